The quantitative estimate of drug-likeness (QED) is 0.652. The Kier molecular flexibility index (Phi) is 3.93. The molecule has 0 fully saturated rings. The van der Waals surface area contributed by atoms with E-state index in [9.17, 15) is 0 Å². The van der Waals surface area contributed by atoms with Gasteiger partial charge in [-0.2, -0.15) is 10.2 Å². The van der Waals surface area contributed by atoms with Crippen LogP contribution in [0.5, 0.6) is 0 Å². The highest BCUT2D eigenvalue weighted by molar-refractivity contribution is 6.31. The van der Waals surface area contributed by atoms with E-state index >= 15 is 0 Å². The van der Waals surface area contributed by atoms with Crippen LogP contribution in [0.15, 0.2) is 6.07 Å². The zero-order valence-corrected chi connectivity index (χ0v) is 12.4. The smallest absolute Gasteiger partial charge is 0.0847 e. The molecule has 1 unspecified atom stereocenters. The van der Waals surface area contributed by atoms with Gasteiger partial charge in [0, 0.05) is 20.5 Å². The Hall–Kier alpha value is -1.37. The summed E-state index contributed by atoms with van der Waals surface area (Å²) in [7, 11) is 3.79. The molecule has 0 aliphatic rings. The molecule has 0 spiro atoms. The lowest BCUT2D eigenvalue weighted by Crippen LogP contribution is -2.31. The number of hydrazine groups is 1. The fraction of sp³-hybridized carbons (Fsp3) is 0.500. The van der Waals surface area contributed by atoms with E-state index in [0.717, 1.165) is 22.8 Å². The standard InChI is InChI=1S/C12H19ClN6/c1-7-5-10(18(3)16-7)9(15-14)6-11-12(13)8(2)17-19(11)4/h5,9,15H,6,14H2,1-4H3. The maximum atomic E-state index is 6.27. The van der Waals surface area contributed by atoms with Crippen LogP contribution in [0.2, 0.25) is 5.02 Å². The fourth-order valence-corrected chi connectivity index (χ4v) is 2.54. The zero-order chi connectivity index (χ0) is 14.2. The number of nitrogens with two attached hydrogens (primary N) is 1. The number of rotatable bonds is 4. The molecule has 7 heteroatoms. The maximum Gasteiger partial charge on any atom is 0.0847 e. The SMILES string of the molecule is Cc1cc(C(Cc2c(Cl)c(C)nn2C)NN)n(C)n1. The van der Waals surface area contributed by atoms with Gasteiger partial charge < -0.3 is 0 Å². The number of aromatic nitrogens is 4. The highest BCUT2D eigenvalue weighted by atomic mass is 35.5. The zero-order valence-electron chi connectivity index (χ0n) is 11.6. The molecule has 0 bridgehead atoms. The van der Waals surface area contributed by atoms with E-state index < -0.39 is 0 Å². The van der Waals surface area contributed by atoms with E-state index in [1.165, 1.54) is 0 Å². The Morgan fingerprint density at radius 3 is 2.42 bits per heavy atom. The molecule has 3 N–H and O–H groups in total. The van der Waals surface area contributed by atoms with Crippen LogP contribution in [0.3, 0.4) is 0 Å². The van der Waals surface area contributed by atoms with Crippen molar-refractivity contribution in [2.24, 2.45) is 19.9 Å². The van der Waals surface area contributed by atoms with E-state index in [1.54, 1.807) is 4.68 Å². The predicted octanol–water partition coefficient (Wildman–Crippen LogP) is 1.17. The number of hydrogen-bond donors (Lipinski definition) is 2. The van der Waals surface area contributed by atoms with Gasteiger partial charge >= 0.3 is 0 Å². The molecule has 0 saturated carbocycles. The summed E-state index contributed by atoms with van der Waals surface area (Å²) < 4.78 is 3.63. The minimum absolute atomic E-state index is 0.0569. The molecule has 19 heavy (non-hydrogen) atoms. The third kappa shape index (κ3) is 2.65. The monoisotopic (exact) mass is 282 g/mol. The summed E-state index contributed by atoms with van der Waals surface area (Å²) in [4.78, 5) is 0. The van der Waals surface area contributed by atoms with E-state index in [1.807, 2.05) is 38.7 Å². The van der Waals surface area contributed by atoms with Gasteiger partial charge in [0.15, 0.2) is 0 Å². The molecule has 104 valence electrons. The van der Waals surface area contributed by atoms with Crippen LogP contribution in [-0.4, -0.2) is 19.6 Å². The Balaban J connectivity index is 2.31. The average Bonchev–Trinajstić information content (AvgIpc) is 2.79. The average molecular weight is 283 g/mol. The summed E-state index contributed by atoms with van der Waals surface area (Å²) in [5.41, 5.74) is 6.60. The van der Waals surface area contributed by atoms with E-state index in [4.69, 9.17) is 17.4 Å². The molecule has 0 saturated heterocycles. The van der Waals surface area contributed by atoms with Crippen LogP contribution in [-0.2, 0) is 20.5 Å². The van der Waals surface area contributed by atoms with Gasteiger partial charge in [-0.15, -0.1) is 0 Å². The molecular formula is C12H19ClN6. The van der Waals surface area contributed by atoms with Crippen molar-refractivity contribution in [2.45, 2.75) is 26.3 Å². The van der Waals surface area contributed by atoms with Gasteiger partial charge in [-0.05, 0) is 19.9 Å². The minimum Gasteiger partial charge on any atom is -0.271 e. The van der Waals surface area contributed by atoms with Gasteiger partial charge in [-0.25, -0.2) is 0 Å². The molecule has 2 aromatic rings. The first kappa shape index (κ1) is 14.0. The van der Waals surface area contributed by atoms with Crippen molar-refractivity contribution in [1.82, 2.24) is 25.0 Å². The minimum atomic E-state index is -0.0569. The van der Waals surface area contributed by atoms with Crippen molar-refractivity contribution in [3.63, 3.8) is 0 Å². The van der Waals surface area contributed by atoms with E-state index in [-0.39, 0.29) is 6.04 Å². The molecule has 0 aliphatic heterocycles. The van der Waals surface area contributed by atoms with Crippen molar-refractivity contribution < 1.29 is 0 Å². The largest absolute Gasteiger partial charge is 0.271 e. The highest BCUT2D eigenvalue weighted by Crippen LogP contribution is 2.25. The summed E-state index contributed by atoms with van der Waals surface area (Å²) in [5.74, 6) is 5.67. The van der Waals surface area contributed by atoms with Crippen LogP contribution >= 0.6 is 11.6 Å². The second-order valence-corrected chi connectivity index (χ2v) is 5.11. The molecule has 2 rings (SSSR count). The Morgan fingerprint density at radius 1 is 1.32 bits per heavy atom. The second-order valence-electron chi connectivity index (χ2n) is 4.73. The van der Waals surface area contributed by atoms with E-state index in [0.29, 0.717) is 11.4 Å². The van der Waals surface area contributed by atoms with E-state index in [2.05, 4.69) is 15.6 Å². The molecule has 6 nitrogen and oxygen atoms in total. The van der Waals surface area contributed by atoms with Crippen LogP contribution in [0.4, 0.5) is 0 Å². The summed E-state index contributed by atoms with van der Waals surface area (Å²) in [6, 6.07) is 1.96. The van der Waals surface area contributed by atoms with Crippen LogP contribution < -0.4 is 11.3 Å². The Morgan fingerprint density at radius 2 is 2.00 bits per heavy atom. The molecule has 0 aliphatic carbocycles. The molecule has 0 radical (unpaired) electrons. The maximum absolute atomic E-state index is 6.27. The molecular weight excluding hydrogens is 264 g/mol. The lowest BCUT2D eigenvalue weighted by Gasteiger charge is -2.16. The van der Waals surface area contributed by atoms with Crippen LogP contribution in [0.1, 0.15) is 28.8 Å². The van der Waals surface area contributed by atoms with Gasteiger partial charge in [0.25, 0.3) is 0 Å². The van der Waals surface area contributed by atoms with Gasteiger partial charge in [-0.3, -0.25) is 20.6 Å². The molecule has 2 heterocycles. The predicted molar refractivity (Wildman–Crippen MR) is 74.7 cm³/mol. The number of halogens is 1. The van der Waals surface area contributed by atoms with Crippen molar-refractivity contribution in [3.05, 3.63) is 33.9 Å². The molecule has 1 atom stereocenters. The molecule has 0 aromatic carbocycles. The first-order valence-corrected chi connectivity index (χ1v) is 6.46. The van der Waals surface area contributed by atoms with Gasteiger partial charge in [0.05, 0.1) is 33.8 Å². The third-order valence-electron chi connectivity index (χ3n) is 3.26. The molecule has 0 amide bonds. The summed E-state index contributed by atoms with van der Waals surface area (Å²) >= 11 is 6.27. The van der Waals surface area contributed by atoms with Crippen molar-refractivity contribution >= 4 is 11.6 Å². The number of aryl methyl sites for hydroxylation is 4. The van der Waals surface area contributed by atoms with Crippen molar-refractivity contribution in [1.29, 1.82) is 0 Å². The lowest BCUT2D eigenvalue weighted by molar-refractivity contribution is 0.493. The topological polar surface area (TPSA) is 73.7 Å². The van der Waals surface area contributed by atoms with Gasteiger partial charge in [0.1, 0.15) is 0 Å². The highest BCUT2D eigenvalue weighted by Gasteiger charge is 2.20. The summed E-state index contributed by atoms with van der Waals surface area (Å²) in [5, 5.41) is 9.35. The lowest BCUT2D eigenvalue weighted by atomic mass is 10.1. The summed E-state index contributed by atoms with van der Waals surface area (Å²) in [6.07, 6.45) is 0.658. The molecule has 2 aromatic heterocycles. The first-order valence-electron chi connectivity index (χ1n) is 6.08. The Bertz CT molecular complexity index is 585. The second kappa shape index (κ2) is 5.32. The summed E-state index contributed by atoms with van der Waals surface area (Å²) in [6.45, 7) is 3.85. The van der Waals surface area contributed by atoms with Crippen molar-refractivity contribution in [2.75, 3.05) is 0 Å². The number of hydrogen-bond acceptors (Lipinski definition) is 4. The number of nitrogens with one attached hydrogen (secondary N) is 1. The normalized spacial score (nSPS) is 12.9. The van der Waals surface area contributed by atoms with Crippen molar-refractivity contribution in [3.8, 4) is 0 Å². The fourth-order valence-electron chi connectivity index (χ4n) is 2.30. The van der Waals surface area contributed by atoms with Crippen LogP contribution in [0, 0.1) is 13.8 Å². The first-order chi connectivity index (χ1) is 8.93. The van der Waals surface area contributed by atoms with Gasteiger partial charge in [-0.1, -0.05) is 11.6 Å². The Labute approximate surface area is 117 Å². The van der Waals surface area contributed by atoms with Crippen LogP contribution in [0.25, 0.3) is 0 Å². The number of nitrogens with zero attached hydrogens (tertiary/aromatic N) is 4. The van der Waals surface area contributed by atoms with Gasteiger partial charge in [0.2, 0.25) is 0 Å². The third-order valence-corrected chi connectivity index (χ3v) is 3.75.